The maximum Gasteiger partial charge on any atom is 0.337 e. The number of esters is 1. The highest BCUT2D eigenvalue weighted by Gasteiger charge is 2.22. The van der Waals surface area contributed by atoms with Crippen molar-refractivity contribution in [3.63, 3.8) is 0 Å². The second kappa shape index (κ2) is 9.63. The summed E-state index contributed by atoms with van der Waals surface area (Å²) in [6, 6.07) is 13.3. The van der Waals surface area contributed by atoms with Crippen molar-refractivity contribution in [2.24, 2.45) is 0 Å². The number of methoxy groups -OCH3 is 1. The summed E-state index contributed by atoms with van der Waals surface area (Å²) >= 11 is 0. The van der Waals surface area contributed by atoms with Crippen LogP contribution in [0.5, 0.6) is 0 Å². The fourth-order valence-corrected chi connectivity index (χ4v) is 3.47. The number of aliphatic carboxylic acids is 1. The summed E-state index contributed by atoms with van der Waals surface area (Å²) in [6.45, 7) is 0. The number of hydrogen-bond acceptors (Lipinski definition) is 5. The molecule has 2 N–H and O–H groups in total. The molecule has 0 spiro atoms. The SMILES string of the molecule is COC(=O)c1cccc(C(=O)N[C@H](CC[S@@](=O)c2ccccc2)C(=O)O)c1. The number of carboxylic acids is 1. The number of amides is 1. The summed E-state index contributed by atoms with van der Waals surface area (Å²) in [7, 11) is -0.142. The van der Waals surface area contributed by atoms with Crippen molar-refractivity contribution in [2.45, 2.75) is 17.4 Å². The molecule has 0 unspecified atom stereocenters. The van der Waals surface area contributed by atoms with E-state index in [1.165, 1.54) is 31.4 Å². The molecule has 7 nitrogen and oxygen atoms in total. The van der Waals surface area contributed by atoms with Gasteiger partial charge in [0.1, 0.15) is 6.04 Å². The Labute approximate surface area is 158 Å². The van der Waals surface area contributed by atoms with E-state index in [0.717, 1.165) is 0 Å². The van der Waals surface area contributed by atoms with E-state index in [4.69, 9.17) is 0 Å². The molecule has 0 aliphatic rings. The molecular weight excluding hydrogens is 370 g/mol. The second-order valence-corrected chi connectivity index (χ2v) is 7.16. The summed E-state index contributed by atoms with van der Waals surface area (Å²) < 4.78 is 16.8. The molecular formula is C19H19NO6S. The van der Waals surface area contributed by atoms with Crippen LogP contribution in [0.25, 0.3) is 0 Å². The molecule has 27 heavy (non-hydrogen) atoms. The Morgan fingerprint density at radius 3 is 2.37 bits per heavy atom. The summed E-state index contributed by atoms with van der Waals surface area (Å²) in [5.41, 5.74) is 0.315. The Morgan fingerprint density at radius 1 is 1.07 bits per heavy atom. The van der Waals surface area contributed by atoms with Crippen molar-refractivity contribution in [3.05, 3.63) is 65.7 Å². The number of benzene rings is 2. The molecule has 0 heterocycles. The van der Waals surface area contributed by atoms with Gasteiger partial charge in [0.15, 0.2) is 0 Å². The van der Waals surface area contributed by atoms with E-state index in [0.29, 0.717) is 4.90 Å². The monoisotopic (exact) mass is 389 g/mol. The molecule has 8 heteroatoms. The van der Waals surface area contributed by atoms with Crippen LogP contribution in [0.2, 0.25) is 0 Å². The Bertz CT molecular complexity index is 852. The number of carbonyl (C=O) groups is 3. The third-order valence-electron chi connectivity index (χ3n) is 3.75. The van der Waals surface area contributed by atoms with E-state index in [2.05, 4.69) is 10.1 Å². The predicted molar refractivity (Wildman–Crippen MR) is 99.0 cm³/mol. The Morgan fingerprint density at radius 2 is 1.74 bits per heavy atom. The zero-order valence-electron chi connectivity index (χ0n) is 14.6. The van der Waals surface area contributed by atoms with Crippen molar-refractivity contribution in [1.82, 2.24) is 5.32 Å². The molecule has 2 aromatic carbocycles. The maximum absolute atomic E-state index is 12.3. The summed E-state index contributed by atoms with van der Waals surface area (Å²) in [4.78, 5) is 35.9. The Balaban J connectivity index is 2.03. The molecule has 0 fully saturated rings. The molecule has 2 rings (SSSR count). The van der Waals surface area contributed by atoms with Crippen molar-refractivity contribution < 1.29 is 28.4 Å². The van der Waals surface area contributed by atoms with Gasteiger partial charge in [-0.15, -0.1) is 0 Å². The van der Waals surface area contributed by atoms with Gasteiger partial charge >= 0.3 is 11.9 Å². The van der Waals surface area contributed by atoms with Gasteiger partial charge in [-0.25, -0.2) is 9.59 Å². The van der Waals surface area contributed by atoms with Crippen LogP contribution in [0.4, 0.5) is 0 Å². The first-order valence-corrected chi connectivity index (χ1v) is 9.39. The fourth-order valence-electron chi connectivity index (χ4n) is 2.32. The number of carboxylic acid groups (broad SMARTS) is 1. The van der Waals surface area contributed by atoms with Crippen LogP contribution in [-0.2, 0) is 20.3 Å². The molecule has 0 bridgehead atoms. The quantitative estimate of drug-likeness (QED) is 0.667. The lowest BCUT2D eigenvalue weighted by Crippen LogP contribution is -2.41. The van der Waals surface area contributed by atoms with E-state index < -0.39 is 34.7 Å². The normalized spacial score (nSPS) is 12.6. The largest absolute Gasteiger partial charge is 0.480 e. The minimum Gasteiger partial charge on any atom is -0.480 e. The lowest BCUT2D eigenvalue weighted by atomic mass is 10.1. The summed E-state index contributed by atoms with van der Waals surface area (Å²) in [6.07, 6.45) is -0.000723. The van der Waals surface area contributed by atoms with Gasteiger partial charge in [0.25, 0.3) is 5.91 Å². The topological polar surface area (TPSA) is 110 Å². The molecule has 0 saturated carbocycles. The highest BCUT2D eigenvalue weighted by Crippen LogP contribution is 2.10. The van der Waals surface area contributed by atoms with Crippen LogP contribution in [0.1, 0.15) is 27.1 Å². The van der Waals surface area contributed by atoms with E-state index in [1.54, 1.807) is 30.3 Å². The Kier molecular flexibility index (Phi) is 7.25. The van der Waals surface area contributed by atoms with Gasteiger partial charge < -0.3 is 15.2 Å². The first-order chi connectivity index (χ1) is 12.9. The Hall–Kier alpha value is -3.00. The van der Waals surface area contributed by atoms with E-state index in [9.17, 15) is 23.7 Å². The van der Waals surface area contributed by atoms with Gasteiger partial charge in [0.2, 0.25) is 0 Å². The number of rotatable bonds is 8. The number of hydrogen-bond donors (Lipinski definition) is 2. The van der Waals surface area contributed by atoms with Gasteiger partial charge in [0, 0.05) is 16.2 Å². The minimum atomic E-state index is -1.37. The highest BCUT2D eigenvalue weighted by atomic mass is 32.2. The minimum absolute atomic E-state index is 0.000723. The van der Waals surface area contributed by atoms with Crippen LogP contribution in [0, 0.1) is 0 Å². The zero-order valence-corrected chi connectivity index (χ0v) is 15.4. The molecule has 0 radical (unpaired) electrons. The zero-order chi connectivity index (χ0) is 19.8. The first-order valence-electron chi connectivity index (χ1n) is 8.08. The summed E-state index contributed by atoms with van der Waals surface area (Å²) in [5, 5.41) is 11.7. The molecule has 2 aromatic rings. The molecule has 142 valence electrons. The molecule has 0 aliphatic heterocycles. The average molecular weight is 389 g/mol. The molecule has 0 aromatic heterocycles. The van der Waals surface area contributed by atoms with Crippen molar-refractivity contribution in [2.75, 3.05) is 12.9 Å². The second-order valence-electron chi connectivity index (χ2n) is 5.59. The van der Waals surface area contributed by atoms with Crippen molar-refractivity contribution in [3.8, 4) is 0 Å². The van der Waals surface area contributed by atoms with E-state index in [1.807, 2.05) is 0 Å². The van der Waals surface area contributed by atoms with Crippen LogP contribution in [-0.4, -0.2) is 46.1 Å². The molecule has 0 saturated heterocycles. The summed E-state index contributed by atoms with van der Waals surface area (Å²) in [5.74, 6) is -2.38. The standard InChI is InChI=1S/C19H19NO6S/c1-26-19(24)14-7-5-6-13(12-14)17(21)20-16(18(22)23)10-11-27(25)15-8-3-2-4-9-15/h2-9,12,16H,10-11H2,1H3,(H,20,21)(H,22,23)/t16-,27-/m1/s1. The first kappa shape index (κ1) is 20.3. The van der Waals surface area contributed by atoms with Crippen LogP contribution in [0.3, 0.4) is 0 Å². The van der Waals surface area contributed by atoms with Gasteiger partial charge in [-0.3, -0.25) is 9.00 Å². The van der Waals surface area contributed by atoms with Crippen LogP contribution >= 0.6 is 0 Å². The third kappa shape index (κ3) is 5.75. The maximum atomic E-state index is 12.3. The lowest BCUT2D eigenvalue weighted by Gasteiger charge is -2.14. The average Bonchev–Trinajstić information content (AvgIpc) is 2.70. The smallest absolute Gasteiger partial charge is 0.337 e. The number of carbonyl (C=O) groups excluding carboxylic acids is 2. The van der Waals surface area contributed by atoms with Crippen LogP contribution < -0.4 is 5.32 Å². The van der Waals surface area contributed by atoms with E-state index in [-0.39, 0.29) is 23.3 Å². The number of ether oxygens (including phenoxy) is 1. The van der Waals surface area contributed by atoms with Gasteiger partial charge in [0.05, 0.1) is 23.5 Å². The van der Waals surface area contributed by atoms with Gasteiger partial charge in [-0.05, 0) is 36.8 Å². The lowest BCUT2D eigenvalue weighted by molar-refractivity contribution is -0.139. The van der Waals surface area contributed by atoms with Gasteiger partial charge in [-0.1, -0.05) is 24.3 Å². The number of nitrogens with one attached hydrogen (secondary N) is 1. The van der Waals surface area contributed by atoms with Crippen LogP contribution in [0.15, 0.2) is 59.5 Å². The van der Waals surface area contributed by atoms with Gasteiger partial charge in [-0.2, -0.15) is 0 Å². The molecule has 2 atom stereocenters. The molecule has 1 amide bonds. The fraction of sp³-hybridized carbons (Fsp3) is 0.211. The van der Waals surface area contributed by atoms with Crippen molar-refractivity contribution in [1.29, 1.82) is 0 Å². The highest BCUT2D eigenvalue weighted by molar-refractivity contribution is 7.85. The predicted octanol–water partition coefficient (Wildman–Crippen LogP) is 1.85. The van der Waals surface area contributed by atoms with Crippen molar-refractivity contribution >= 4 is 28.6 Å². The molecule has 0 aliphatic carbocycles. The third-order valence-corrected chi connectivity index (χ3v) is 5.15. The van der Waals surface area contributed by atoms with E-state index >= 15 is 0 Å².